The summed E-state index contributed by atoms with van der Waals surface area (Å²) in [5.74, 6) is 0.337. The van der Waals surface area contributed by atoms with Crippen LogP contribution in [0.1, 0.15) is 31.7 Å². The highest BCUT2D eigenvalue weighted by Gasteiger charge is 2.34. The van der Waals surface area contributed by atoms with Crippen LogP contribution in [0.2, 0.25) is 0 Å². The topological polar surface area (TPSA) is 81.0 Å². The third-order valence-corrected chi connectivity index (χ3v) is 7.39. The number of methoxy groups -OCH3 is 1. The summed E-state index contributed by atoms with van der Waals surface area (Å²) in [4.78, 5) is 17.8. The predicted octanol–water partition coefficient (Wildman–Crippen LogP) is 2.28. The van der Waals surface area contributed by atoms with Gasteiger partial charge in [-0.2, -0.15) is 9.30 Å². The quantitative estimate of drug-likeness (QED) is 0.773. The van der Waals surface area contributed by atoms with Gasteiger partial charge in [-0.3, -0.25) is 4.79 Å². The van der Waals surface area contributed by atoms with Crippen molar-refractivity contribution in [1.29, 1.82) is 0 Å². The summed E-state index contributed by atoms with van der Waals surface area (Å²) < 4.78 is 33.9. The van der Waals surface area contributed by atoms with Crippen LogP contribution < -0.4 is 9.54 Å². The first kappa shape index (κ1) is 20.0. The van der Waals surface area contributed by atoms with Gasteiger partial charge >= 0.3 is 0 Å². The molecular formula is C18H25N3O4S2. The van der Waals surface area contributed by atoms with E-state index in [-0.39, 0.29) is 0 Å². The molecule has 0 spiro atoms. The number of sulfonamides is 1. The van der Waals surface area contributed by atoms with E-state index in [2.05, 4.69) is 4.99 Å². The molecular weight excluding hydrogens is 386 g/mol. The van der Waals surface area contributed by atoms with E-state index in [1.807, 2.05) is 30.5 Å². The number of nitrogens with zero attached hydrogens (tertiary/aromatic N) is 3. The molecule has 1 fully saturated rings. The molecule has 1 aliphatic heterocycles. The molecule has 9 heteroatoms. The van der Waals surface area contributed by atoms with E-state index in [1.165, 1.54) is 15.6 Å². The Kier molecular flexibility index (Phi) is 5.73. The van der Waals surface area contributed by atoms with Crippen LogP contribution in [0.15, 0.2) is 17.1 Å². The molecule has 0 aliphatic carbocycles. The highest BCUT2D eigenvalue weighted by Crippen LogP contribution is 2.30. The number of fused-ring (bicyclic) bond motifs is 1. The van der Waals surface area contributed by atoms with Gasteiger partial charge in [0.2, 0.25) is 10.0 Å². The van der Waals surface area contributed by atoms with Gasteiger partial charge in [0.05, 0.1) is 18.1 Å². The normalized spacial score (nSPS) is 19.6. The number of aryl methyl sites for hydroxylation is 2. The van der Waals surface area contributed by atoms with Crippen LogP contribution in [0, 0.1) is 6.92 Å². The van der Waals surface area contributed by atoms with Gasteiger partial charge in [0.15, 0.2) is 4.80 Å². The average molecular weight is 412 g/mol. The minimum Gasteiger partial charge on any atom is -0.495 e. The van der Waals surface area contributed by atoms with Gasteiger partial charge in [-0.1, -0.05) is 23.8 Å². The third-order valence-electron chi connectivity index (χ3n) is 4.89. The van der Waals surface area contributed by atoms with Gasteiger partial charge in [-0.25, -0.2) is 8.42 Å². The number of hydrogen-bond donors (Lipinski definition) is 0. The van der Waals surface area contributed by atoms with Gasteiger partial charge in [-0.05, 0) is 38.3 Å². The molecule has 1 aromatic carbocycles. The van der Waals surface area contributed by atoms with Crippen LogP contribution in [0.4, 0.5) is 0 Å². The number of hydrogen-bond acceptors (Lipinski definition) is 5. The van der Waals surface area contributed by atoms with E-state index in [9.17, 15) is 13.2 Å². The van der Waals surface area contributed by atoms with Crippen molar-refractivity contribution in [1.82, 2.24) is 8.87 Å². The van der Waals surface area contributed by atoms with Crippen molar-refractivity contribution in [2.75, 3.05) is 19.9 Å². The predicted molar refractivity (Wildman–Crippen MR) is 107 cm³/mol. The number of carbonyl (C=O) groups excluding carboxylic acids is 1. The fourth-order valence-electron chi connectivity index (χ4n) is 3.54. The van der Waals surface area contributed by atoms with Gasteiger partial charge in [0.1, 0.15) is 17.3 Å². The molecule has 1 amide bonds. The summed E-state index contributed by atoms with van der Waals surface area (Å²) in [6, 6.07) is 3.18. The summed E-state index contributed by atoms with van der Waals surface area (Å²) >= 11 is 1.43. The van der Waals surface area contributed by atoms with E-state index >= 15 is 0 Å². The highest BCUT2D eigenvalue weighted by molar-refractivity contribution is 7.88. The van der Waals surface area contributed by atoms with E-state index in [4.69, 9.17) is 4.74 Å². The zero-order valence-corrected chi connectivity index (χ0v) is 17.7. The van der Waals surface area contributed by atoms with E-state index in [1.54, 1.807) is 7.11 Å². The first-order chi connectivity index (χ1) is 12.8. The van der Waals surface area contributed by atoms with Crippen LogP contribution >= 0.6 is 11.3 Å². The SMILES string of the molecule is CCn1c(=NC(=O)C2CCCCN2S(C)(=O)=O)sc2c(C)ccc(OC)c21. The molecule has 0 saturated carbocycles. The molecule has 1 atom stereocenters. The van der Waals surface area contributed by atoms with Gasteiger partial charge < -0.3 is 9.30 Å². The number of ether oxygens (including phenoxy) is 1. The summed E-state index contributed by atoms with van der Waals surface area (Å²) in [6.07, 6.45) is 3.25. The van der Waals surface area contributed by atoms with Crippen LogP contribution in [0.3, 0.4) is 0 Å². The molecule has 2 aromatic rings. The molecule has 148 valence electrons. The number of rotatable bonds is 4. The lowest BCUT2D eigenvalue weighted by molar-refractivity contribution is -0.122. The van der Waals surface area contributed by atoms with E-state index in [0.29, 0.717) is 24.3 Å². The Balaban J connectivity index is 2.12. The first-order valence-corrected chi connectivity index (χ1v) is 11.7. The molecule has 1 unspecified atom stereocenters. The van der Waals surface area contributed by atoms with Crippen molar-refractivity contribution in [3.05, 3.63) is 22.5 Å². The van der Waals surface area contributed by atoms with Gasteiger partial charge in [0.25, 0.3) is 5.91 Å². The van der Waals surface area contributed by atoms with Crippen LogP contribution in [0.5, 0.6) is 5.75 Å². The van der Waals surface area contributed by atoms with Crippen molar-refractivity contribution in [2.24, 2.45) is 4.99 Å². The van der Waals surface area contributed by atoms with E-state index < -0.39 is 22.0 Å². The van der Waals surface area contributed by atoms with Crippen molar-refractivity contribution < 1.29 is 17.9 Å². The van der Waals surface area contributed by atoms with Crippen molar-refractivity contribution >= 4 is 37.5 Å². The Labute approximate surface area is 163 Å². The lowest BCUT2D eigenvalue weighted by atomic mass is 10.0. The molecule has 0 radical (unpaired) electrons. The highest BCUT2D eigenvalue weighted by atomic mass is 32.2. The smallest absolute Gasteiger partial charge is 0.266 e. The second kappa shape index (κ2) is 7.73. The van der Waals surface area contributed by atoms with Gasteiger partial charge in [0, 0.05) is 13.1 Å². The summed E-state index contributed by atoms with van der Waals surface area (Å²) in [5.41, 5.74) is 2.00. The Hall–Kier alpha value is -1.71. The van der Waals surface area contributed by atoms with Crippen molar-refractivity contribution in [3.63, 3.8) is 0 Å². The Bertz CT molecular complexity index is 1040. The molecule has 0 bridgehead atoms. The molecule has 1 aliphatic rings. The average Bonchev–Trinajstić information content (AvgIpc) is 3.00. The van der Waals surface area contributed by atoms with Crippen LogP contribution in [-0.4, -0.2) is 49.1 Å². The lowest BCUT2D eigenvalue weighted by Crippen LogP contribution is -2.47. The molecule has 0 N–H and O–H groups in total. The minimum absolute atomic E-state index is 0.373. The number of carbonyl (C=O) groups is 1. The lowest BCUT2D eigenvalue weighted by Gasteiger charge is -2.31. The Morgan fingerprint density at radius 2 is 2.11 bits per heavy atom. The number of benzene rings is 1. The molecule has 7 nitrogen and oxygen atoms in total. The second-order valence-electron chi connectivity index (χ2n) is 6.73. The molecule has 1 saturated heterocycles. The monoisotopic (exact) mass is 411 g/mol. The van der Waals surface area contributed by atoms with Gasteiger partial charge in [-0.15, -0.1) is 0 Å². The molecule has 3 rings (SSSR count). The number of amides is 1. The molecule has 27 heavy (non-hydrogen) atoms. The number of aromatic nitrogens is 1. The fraction of sp³-hybridized carbons (Fsp3) is 0.556. The fourth-order valence-corrected chi connectivity index (χ4v) is 5.84. The van der Waals surface area contributed by atoms with Crippen LogP contribution in [0.25, 0.3) is 10.2 Å². The van der Waals surface area contributed by atoms with Crippen LogP contribution in [-0.2, 0) is 21.4 Å². The minimum atomic E-state index is -3.44. The Morgan fingerprint density at radius 1 is 1.37 bits per heavy atom. The van der Waals surface area contributed by atoms with Crippen molar-refractivity contribution in [2.45, 2.75) is 45.7 Å². The second-order valence-corrected chi connectivity index (χ2v) is 9.64. The molecule has 2 heterocycles. The summed E-state index contributed by atoms with van der Waals surface area (Å²) in [7, 11) is -1.82. The number of piperidine rings is 1. The third kappa shape index (κ3) is 3.81. The zero-order chi connectivity index (χ0) is 19.8. The largest absolute Gasteiger partial charge is 0.495 e. The maximum atomic E-state index is 12.9. The molecule has 1 aromatic heterocycles. The maximum Gasteiger partial charge on any atom is 0.266 e. The van der Waals surface area contributed by atoms with E-state index in [0.717, 1.165) is 40.6 Å². The first-order valence-electron chi connectivity index (χ1n) is 9.00. The Morgan fingerprint density at radius 3 is 2.74 bits per heavy atom. The maximum absolute atomic E-state index is 12.9. The number of thiazole rings is 1. The zero-order valence-electron chi connectivity index (χ0n) is 16.1. The summed E-state index contributed by atoms with van der Waals surface area (Å²) in [5, 5.41) is 0. The van der Waals surface area contributed by atoms with Crippen molar-refractivity contribution in [3.8, 4) is 5.75 Å². The summed E-state index contributed by atoms with van der Waals surface area (Å²) in [6.45, 7) is 5.00. The standard InChI is InChI=1S/C18H25N3O4S2/c1-5-20-15-14(25-3)10-9-12(2)16(15)26-18(20)19-17(22)13-8-6-7-11-21(13)27(4,23)24/h9-10,13H,5-8,11H2,1-4H3.